The van der Waals surface area contributed by atoms with Gasteiger partial charge in [-0.05, 0) is 0 Å². The molecule has 58 valence electrons. The van der Waals surface area contributed by atoms with Crippen LogP contribution in [0.1, 0.15) is 0 Å². The molecular weight excluding hydrogens is 154 g/mol. The molecule has 0 aliphatic heterocycles. The lowest BCUT2D eigenvalue weighted by atomic mass is 10.5. The van der Waals surface area contributed by atoms with E-state index in [1.807, 2.05) is 0 Å². The first-order valence-electron chi connectivity index (χ1n) is 2.58. The summed E-state index contributed by atoms with van der Waals surface area (Å²) in [6.45, 7) is 0. The maximum Gasteiger partial charge on any atom is 0.363 e. The summed E-state index contributed by atoms with van der Waals surface area (Å²) in [4.78, 5) is 20.8. The molecule has 0 atom stereocenters. The quantitative estimate of drug-likeness (QED) is 0.507. The lowest BCUT2D eigenvalue weighted by molar-refractivity contribution is -0.421. The topological polar surface area (TPSA) is 102 Å². The fourth-order valence-electron chi connectivity index (χ4n) is 0.640. The SMILES string of the molecule is O=[N+]([O-])c1c[nH]cc1[N+](=O)[O-]. The molecule has 0 aliphatic rings. The summed E-state index contributed by atoms with van der Waals surface area (Å²) < 4.78 is 0. The van der Waals surface area contributed by atoms with Gasteiger partial charge in [-0.1, -0.05) is 0 Å². The van der Waals surface area contributed by atoms with Crippen LogP contribution in [0.25, 0.3) is 0 Å². The van der Waals surface area contributed by atoms with E-state index < -0.39 is 21.2 Å². The zero-order valence-corrected chi connectivity index (χ0v) is 5.18. The van der Waals surface area contributed by atoms with E-state index >= 15 is 0 Å². The third kappa shape index (κ3) is 1.16. The molecule has 1 aromatic heterocycles. The molecule has 0 fully saturated rings. The van der Waals surface area contributed by atoms with E-state index in [0.29, 0.717) is 0 Å². The number of H-pyrrole nitrogens is 1. The van der Waals surface area contributed by atoms with Crippen LogP contribution in [0.2, 0.25) is 0 Å². The van der Waals surface area contributed by atoms with E-state index in [4.69, 9.17) is 0 Å². The molecule has 0 saturated carbocycles. The van der Waals surface area contributed by atoms with Crippen LogP contribution in [0.4, 0.5) is 11.4 Å². The highest BCUT2D eigenvalue weighted by atomic mass is 16.6. The Kier molecular flexibility index (Phi) is 1.55. The second kappa shape index (κ2) is 2.37. The molecule has 1 rings (SSSR count). The Morgan fingerprint density at radius 1 is 1.09 bits per heavy atom. The normalized spacial score (nSPS) is 9.45. The van der Waals surface area contributed by atoms with Gasteiger partial charge in [0.05, 0.1) is 22.2 Å². The van der Waals surface area contributed by atoms with Gasteiger partial charge in [0.15, 0.2) is 0 Å². The van der Waals surface area contributed by atoms with Crippen LogP contribution in [0, 0.1) is 20.2 Å². The van der Waals surface area contributed by atoms with Crippen LogP contribution in [0.3, 0.4) is 0 Å². The number of hydrogen-bond donors (Lipinski definition) is 1. The van der Waals surface area contributed by atoms with Crippen LogP contribution >= 0.6 is 0 Å². The van der Waals surface area contributed by atoms with Crippen molar-refractivity contribution in [2.45, 2.75) is 0 Å². The van der Waals surface area contributed by atoms with Gasteiger partial charge in [-0.25, -0.2) is 0 Å². The van der Waals surface area contributed by atoms with Crippen molar-refractivity contribution in [3.05, 3.63) is 32.6 Å². The summed E-state index contributed by atoms with van der Waals surface area (Å²) in [5, 5.41) is 20.1. The maximum absolute atomic E-state index is 10.1. The summed E-state index contributed by atoms with van der Waals surface area (Å²) in [7, 11) is 0. The number of hydrogen-bond acceptors (Lipinski definition) is 4. The van der Waals surface area contributed by atoms with Crippen molar-refractivity contribution in [1.82, 2.24) is 4.98 Å². The van der Waals surface area contributed by atoms with Crippen LogP contribution in [0.15, 0.2) is 12.4 Å². The van der Waals surface area contributed by atoms with Gasteiger partial charge in [-0.3, -0.25) is 20.2 Å². The predicted octanol–water partition coefficient (Wildman–Crippen LogP) is 0.831. The molecular formula is C4H3N3O4. The number of aromatic amines is 1. The molecule has 1 heterocycles. The largest absolute Gasteiger partial charge is 0.363 e. The maximum atomic E-state index is 10.1. The minimum Gasteiger partial charge on any atom is -0.356 e. The van der Waals surface area contributed by atoms with Crippen molar-refractivity contribution in [1.29, 1.82) is 0 Å². The van der Waals surface area contributed by atoms with E-state index in [0.717, 1.165) is 12.4 Å². The Labute approximate surface area is 59.9 Å². The first kappa shape index (κ1) is 7.19. The third-order valence-electron chi connectivity index (χ3n) is 1.10. The third-order valence-corrected chi connectivity index (χ3v) is 1.10. The van der Waals surface area contributed by atoms with Gasteiger partial charge in [0.2, 0.25) is 0 Å². The van der Waals surface area contributed by atoms with Crippen LogP contribution in [0.5, 0.6) is 0 Å². The zero-order chi connectivity index (χ0) is 8.43. The van der Waals surface area contributed by atoms with E-state index in [2.05, 4.69) is 4.98 Å². The van der Waals surface area contributed by atoms with Crippen molar-refractivity contribution in [3.63, 3.8) is 0 Å². The van der Waals surface area contributed by atoms with E-state index in [9.17, 15) is 20.2 Å². The molecule has 7 heteroatoms. The lowest BCUT2D eigenvalue weighted by Gasteiger charge is -1.84. The average molecular weight is 157 g/mol. The first-order chi connectivity index (χ1) is 5.13. The molecule has 0 bridgehead atoms. The summed E-state index contributed by atoms with van der Waals surface area (Å²) in [6.07, 6.45) is 1.94. The molecule has 1 N–H and O–H groups in total. The number of nitro groups is 2. The Balaban J connectivity index is 3.16. The van der Waals surface area contributed by atoms with Gasteiger partial charge in [0.25, 0.3) is 0 Å². The molecule has 0 aliphatic carbocycles. The number of rotatable bonds is 2. The second-order valence-electron chi connectivity index (χ2n) is 1.74. The molecule has 0 saturated heterocycles. The van der Waals surface area contributed by atoms with Crippen molar-refractivity contribution < 1.29 is 9.85 Å². The Morgan fingerprint density at radius 2 is 1.45 bits per heavy atom. The number of nitrogens with zero attached hydrogens (tertiary/aromatic N) is 2. The molecule has 1 aromatic rings. The molecule has 0 unspecified atom stereocenters. The monoisotopic (exact) mass is 157 g/mol. The minimum atomic E-state index is -0.811. The second-order valence-corrected chi connectivity index (χ2v) is 1.74. The van der Waals surface area contributed by atoms with Crippen LogP contribution < -0.4 is 0 Å². The summed E-state index contributed by atoms with van der Waals surface area (Å²) in [5.74, 6) is 0. The smallest absolute Gasteiger partial charge is 0.356 e. The number of nitrogens with one attached hydrogen (secondary N) is 1. The summed E-state index contributed by atoms with van der Waals surface area (Å²) in [6, 6.07) is 0. The van der Waals surface area contributed by atoms with E-state index in [1.165, 1.54) is 0 Å². The molecule has 0 amide bonds. The highest BCUT2D eigenvalue weighted by Gasteiger charge is 2.24. The standard InChI is InChI=1S/C4H3N3O4/c8-6(9)3-1-5-2-4(3)7(10)11/h1-2,5H. The van der Waals surface area contributed by atoms with Gasteiger partial charge in [0.1, 0.15) is 0 Å². The first-order valence-corrected chi connectivity index (χ1v) is 2.58. The van der Waals surface area contributed by atoms with E-state index in [-0.39, 0.29) is 0 Å². The van der Waals surface area contributed by atoms with Crippen molar-refractivity contribution >= 4 is 11.4 Å². The highest BCUT2D eigenvalue weighted by molar-refractivity contribution is 5.49. The summed E-state index contributed by atoms with van der Waals surface area (Å²) in [5.41, 5.74) is -1.04. The van der Waals surface area contributed by atoms with Crippen LogP contribution in [-0.2, 0) is 0 Å². The lowest BCUT2D eigenvalue weighted by Crippen LogP contribution is -1.91. The minimum absolute atomic E-state index is 0.519. The van der Waals surface area contributed by atoms with Gasteiger partial charge in [-0.2, -0.15) is 0 Å². The molecule has 11 heavy (non-hydrogen) atoms. The van der Waals surface area contributed by atoms with Gasteiger partial charge < -0.3 is 4.98 Å². The van der Waals surface area contributed by atoms with Gasteiger partial charge >= 0.3 is 11.4 Å². The molecule has 0 spiro atoms. The molecule has 7 nitrogen and oxygen atoms in total. The van der Waals surface area contributed by atoms with E-state index in [1.54, 1.807) is 0 Å². The van der Waals surface area contributed by atoms with Crippen molar-refractivity contribution in [3.8, 4) is 0 Å². The Bertz CT molecular complexity index is 276. The van der Waals surface area contributed by atoms with Crippen molar-refractivity contribution in [2.75, 3.05) is 0 Å². The van der Waals surface area contributed by atoms with Crippen molar-refractivity contribution in [2.24, 2.45) is 0 Å². The zero-order valence-electron chi connectivity index (χ0n) is 5.18. The number of aromatic nitrogens is 1. The molecule has 0 radical (unpaired) electrons. The highest BCUT2D eigenvalue weighted by Crippen LogP contribution is 2.24. The Hall–Kier alpha value is -1.92. The summed E-state index contributed by atoms with van der Waals surface area (Å²) >= 11 is 0. The fraction of sp³-hybridized carbons (Fsp3) is 0. The predicted molar refractivity (Wildman–Crippen MR) is 34.1 cm³/mol. The van der Waals surface area contributed by atoms with Gasteiger partial charge in [-0.15, -0.1) is 0 Å². The fourth-order valence-corrected chi connectivity index (χ4v) is 0.640. The van der Waals surface area contributed by atoms with Gasteiger partial charge in [0, 0.05) is 0 Å². The Morgan fingerprint density at radius 3 is 1.73 bits per heavy atom. The average Bonchev–Trinajstić information content (AvgIpc) is 2.32. The molecule has 0 aromatic carbocycles. The van der Waals surface area contributed by atoms with Crippen LogP contribution in [-0.4, -0.2) is 14.8 Å².